The van der Waals surface area contributed by atoms with E-state index in [4.69, 9.17) is 4.74 Å². The van der Waals surface area contributed by atoms with Crippen LogP contribution in [0.15, 0.2) is 42.6 Å². The molecule has 0 fully saturated rings. The first-order chi connectivity index (χ1) is 9.36. The third-order valence-electron chi connectivity index (χ3n) is 3.13. The monoisotopic (exact) mass is 259 g/mol. The fourth-order valence-electron chi connectivity index (χ4n) is 2.15. The zero-order valence-corrected chi connectivity index (χ0v) is 11.5. The van der Waals surface area contributed by atoms with E-state index in [9.17, 15) is 0 Å². The maximum absolute atomic E-state index is 5.44. The van der Waals surface area contributed by atoms with E-state index >= 15 is 0 Å². The van der Waals surface area contributed by atoms with Gasteiger partial charge in [-0.3, -0.25) is 0 Å². The Kier molecular flexibility index (Phi) is 5.12. The molecule has 0 saturated heterocycles. The van der Waals surface area contributed by atoms with Gasteiger partial charge in [-0.2, -0.15) is 5.10 Å². The lowest BCUT2D eigenvalue weighted by molar-refractivity contribution is 0.136. The van der Waals surface area contributed by atoms with E-state index in [1.54, 1.807) is 0 Å². The number of nitrogens with one attached hydrogen (secondary N) is 1. The van der Waals surface area contributed by atoms with Crippen molar-refractivity contribution < 1.29 is 4.74 Å². The molecule has 4 heteroatoms. The van der Waals surface area contributed by atoms with Gasteiger partial charge in [-0.05, 0) is 38.6 Å². The minimum absolute atomic E-state index is 0.245. The van der Waals surface area contributed by atoms with Crippen molar-refractivity contribution in [3.05, 3.63) is 48.3 Å². The van der Waals surface area contributed by atoms with Crippen molar-refractivity contribution in [3.63, 3.8) is 0 Å². The quantitative estimate of drug-likeness (QED) is 0.777. The summed E-state index contributed by atoms with van der Waals surface area (Å²) < 4.78 is 7.42. The summed E-state index contributed by atoms with van der Waals surface area (Å²) >= 11 is 0. The van der Waals surface area contributed by atoms with E-state index in [1.165, 1.54) is 0 Å². The molecule has 0 aliphatic heterocycles. The number of hydrogen-bond donors (Lipinski definition) is 1. The Morgan fingerprint density at radius 2 is 2.05 bits per heavy atom. The maximum atomic E-state index is 5.44. The average molecular weight is 259 g/mol. The first kappa shape index (κ1) is 13.8. The van der Waals surface area contributed by atoms with Crippen molar-refractivity contribution in [3.8, 4) is 5.69 Å². The molecule has 0 bridgehead atoms. The summed E-state index contributed by atoms with van der Waals surface area (Å²) in [7, 11) is 1.97. The van der Waals surface area contributed by atoms with Gasteiger partial charge in [0, 0.05) is 19.4 Å². The molecule has 4 nitrogen and oxygen atoms in total. The largest absolute Gasteiger partial charge is 0.382 e. The molecule has 1 aromatic heterocycles. The van der Waals surface area contributed by atoms with Crippen LogP contribution in [0.5, 0.6) is 0 Å². The number of para-hydroxylation sites is 1. The summed E-state index contributed by atoms with van der Waals surface area (Å²) in [4.78, 5) is 0. The van der Waals surface area contributed by atoms with Gasteiger partial charge in [0.2, 0.25) is 0 Å². The molecule has 2 rings (SSSR count). The summed E-state index contributed by atoms with van der Waals surface area (Å²) in [6.07, 6.45) is 2.77. The lowest BCUT2D eigenvalue weighted by atomic mass is 10.1. The first-order valence-electron chi connectivity index (χ1n) is 6.71. The molecule has 2 aromatic rings. The van der Waals surface area contributed by atoms with Gasteiger partial charge in [0.15, 0.2) is 0 Å². The normalized spacial score (nSPS) is 12.5. The van der Waals surface area contributed by atoms with Gasteiger partial charge >= 0.3 is 0 Å². The minimum atomic E-state index is 0.245. The third kappa shape index (κ3) is 3.43. The Hall–Kier alpha value is -1.65. The fraction of sp³-hybridized carbons (Fsp3) is 0.400. The molecule has 0 aliphatic rings. The Bertz CT molecular complexity index is 481. The summed E-state index contributed by atoms with van der Waals surface area (Å²) in [5.74, 6) is 0. The van der Waals surface area contributed by atoms with Crippen LogP contribution < -0.4 is 5.32 Å². The highest BCUT2D eigenvalue weighted by atomic mass is 16.5. The second-order valence-electron chi connectivity index (χ2n) is 4.33. The van der Waals surface area contributed by atoms with Crippen molar-refractivity contribution in [1.82, 2.24) is 15.1 Å². The molecule has 102 valence electrons. The molecule has 1 unspecified atom stereocenters. The van der Waals surface area contributed by atoms with Gasteiger partial charge < -0.3 is 10.1 Å². The molecule has 1 heterocycles. The average Bonchev–Trinajstić information content (AvgIpc) is 2.94. The highest BCUT2D eigenvalue weighted by Crippen LogP contribution is 2.19. The molecule has 0 amide bonds. The van der Waals surface area contributed by atoms with Crippen LogP contribution in [0, 0.1) is 0 Å². The van der Waals surface area contributed by atoms with Crippen molar-refractivity contribution >= 4 is 0 Å². The molecule has 1 N–H and O–H groups in total. The lowest BCUT2D eigenvalue weighted by Crippen LogP contribution is -2.21. The maximum Gasteiger partial charge on any atom is 0.0649 e. The lowest BCUT2D eigenvalue weighted by Gasteiger charge is -2.18. The summed E-state index contributed by atoms with van der Waals surface area (Å²) in [5, 5.41) is 7.75. The SMILES string of the molecule is CCOCCC(NC)c1ccnn1-c1ccccc1. The van der Waals surface area contributed by atoms with E-state index in [-0.39, 0.29) is 6.04 Å². The minimum Gasteiger partial charge on any atom is -0.382 e. The zero-order valence-electron chi connectivity index (χ0n) is 11.5. The standard InChI is InChI=1S/C15H21N3O/c1-3-19-12-10-14(16-2)15-9-11-17-18(15)13-7-5-4-6-8-13/h4-9,11,14,16H,3,10,12H2,1-2H3. The number of rotatable bonds is 7. The van der Waals surface area contributed by atoms with Crippen LogP contribution in [-0.4, -0.2) is 30.0 Å². The number of nitrogens with zero attached hydrogens (tertiary/aromatic N) is 2. The van der Waals surface area contributed by atoms with Gasteiger partial charge in [0.1, 0.15) is 0 Å². The summed E-state index contributed by atoms with van der Waals surface area (Å²) in [6.45, 7) is 3.53. The Morgan fingerprint density at radius 3 is 2.74 bits per heavy atom. The number of ether oxygens (including phenoxy) is 1. The van der Waals surface area contributed by atoms with E-state index in [1.807, 2.05) is 43.0 Å². The smallest absolute Gasteiger partial charge is 0.0649 e. The molecule has 1 aromatic carbocycles. The van der Waals surface area contributed by atoms with E-state index in [0.29, 0.717) is 0 Å². The predicted octanol–water partition coefficient (Wildman–Crippen LogP) is 2.56. The van der Waals surface area contributed by atoms with Crippen LogP contribution in [-0.2, 0) is 4.74 Å². The van der Waals surface area contributed by atoms with Crippen molar-refractivity contribution in [2.24, 2.45) is 0 Å². The van der Waals surface area contributed by atoms with Crippen LogP contribution in [0.1, 0.15) is 25.1 Å². The number of hydrogen-bond acceptors (Lipinski definition) is 3. The molecular formula is C15H21N3O. The van der Waals surface area contributed by atoms with Crippen LogP contribution >= 0.6 is 0 Å². The van der Waals surface area contributed by atoms with Gasteiger partial charge in [-0.15, -0.1) is 0 Å². The molecule has 0 spiro atoms. The van der Waals surface area contributed by atoms with Crippen LogP contribution in [0.25, 0.3) is 5.69 Å². The highest BCUT2D eigenvalue weighted by molar-refractivity contribution is 5.33. The second-order valence-corrected chi connectivity index (χ2v) is 4.33. The highest BCUT2D eigenvalue weighted by Gasteiger charge is 2.15. The van der Waals surface area contributed by atoms with Crippen molar-refractivity contribution in [2.45, 2.75) is 19.4 Å². The third-order valence-corrected chi connectivity index (χ3v) is 3.13. The molecule has 0 saturated carbocycles. The zero-order chi connectivity index (χ0) is 13.5. The predicted molar refractivity (Wildman–Crippen MR) is 76.5 cm³/mol. The fourth-order valence-corrected chi connectivity index (χ4v) is 2.15. The van der Waals surface area contributed by atoms with E-state index in [2.05, 4.69) is 28.6 Å². The molecular weight excluding hydrogens is 238 g/mol. The van der Waals surface area contributed by atoms with Gasteiger partial charge in [0.05, 0.1) is 17.4 Å². The molecule has 0 aliphatic carbocycles. The number of aromatic nitrogens is 2. The Labute approximate surface area is 114 Å². The topological polar surface area (TPSA) is 39.1 Å². The summed E-state index contributed by atoms with van der Waals surface area (Å²) in [5.41, 5.74) is 2.24. The molecule has 1 atom stereocenters. The van der Waals surface area contributed by atoms with Crippen molar-refractivity contribution in [2.75, 3.05) is 20.3 Å². The molecule has 19 heavy (non-hydrogen) atoms. The van der Waals surface area contributed by atoms with Crippen LogP contribution in [0.4, 0.5) is 0 Å². The van der Waals surface area contributed by atoms with E-state index in [0.717, 1.165) is 31.0 Å². The van der Waals surface area contributed by atoms with Crippen molar-refractivity contribution in [1.29, 1.82) is 0 Å². The number of benzene rings is 1. The van der Waals surface area contributed by atoms with Gasteiger partial charge in [-0.25, -0.2) is 4.68 Å². The Morgan fingerprint density at radius 1 is 1.26 bits per heavy atom. The summed E-state index contributed by atoms with van der Waals surface area (Å²) in [6, 6.07) is 12.5. The molecule has 0 radical (unpaired) electrons. The van der Waals surface area contributed by atoms with Crippen LogP contribution in [0.3, 0.4) is 0 Å². The van der Waals surface area contributed by atoms with E-state index < -0.39 is 0 Å². The second kappa shape index (κ2) is 7.07. The first-order valence-corrected chi connectivity index (χ1v) is 6.71. The Balaban J connectivity index is 2.18. The van der Waals surface area contributed by atoms with Gasteiger partial charge in [0.25, 0.3) is 0 Å². The van der Waals surface area contributed by atoms with Gasteiger partial charge in [-0.1, -0.05) is 18.2 Å². The van der Waals surface area contributed by atoms with Crippen LogP contribution in [0.2, 0.25) is 0 Å².